The van der Waals surface area contributed by atoms with Crippen LogP contribution in [0, 0.1) is 0 Å². The Balaban J connectivity index is 2.11. The number of ketones is 1. The Labute approximate surface area is 135 Å². The van der Waals surface area contributed by atoms with Crippen molar-refractivity contribution in [2.24, 2.45) is 0 Å². The first-order chi connectivity index (χ1) is 11.1. The molecule has 122 valence electrons. The van der Waals surface area contributed by atoms with Crippen LogP contribution in [0.4, 0.5) is 0 Å². The molecule has 0 saturated carbocycles. The Morgan fingerprint density at radius 1 is 0.957 bits per heavy atom. The lowest BCUT2D eigenvalue weighted by atomic mass is 10.0. The summed E-state index contributed by atoms with van der Waals surface area (Å²) in [5.41, 5.74) is 1.26. The van der Waals surface area contributed by atoms with E-state index >= 15 is 0 Å². The van der Waals surface area contributed by atoms with Gasteiger partial charge in [-0.05, 0) is 36.2 Å². The number of ether oxygens (including phenoxy) is 3. The minimum absolute atomic E-state index is 0.153. The number of hydrogen-bond acceptors (Lipinski definition) is 5. The predicted molar refractivity (Wildman–Crippen MR) is 86.9 cm³/mol. The molecule has 0 amide bonds. The van der Waals surface area contributed by atoms with E-state index in [-0.39, 0.29) is 29.3 Å². The monoisotopic (exact) mass is 316 g/mol. The summed E-state index contributed by atoms with van der Waals surface area (Å²) in [5, 5.41) is 10.2. The van der Waals surface area contributed by atoms with E-state index < -0.39 is 0 Å². The molecule has 0 fully saturated rings. The Morgan fingerprint density at radius 2 is 1.65 bits per heavy atom. The SMILES string of the molecule is COc1ccc(CCC(=O)c2ccc(OC)c(OC)c2O)cc1. The van der Waals surface area contributed by atoms with Crippen LogP contribution in [0.3, 0.4) is 0 Å². The molecule has 0 unspecified atom stereocenters. The van der Waals surface area contributed by atoms with E-state index in [0.717, 1.165) is 11.3 Å². The fourth-order valence-electron chi connectivity index (χ4n) is 2.32. The number of Topliss-reactive ketones (excluding diaryl/α,β-unsaturated/α-hetero) is 1. The Morgan fingerprint density at radius 3 is 2.22 bits per heavy atom. The van der Waals surface area contributed by atoms with Crippen LogP contribution in [0.5, 0.6) is 23.0 Å². The molecule has 23 heavy (non-hydrogen) atoms. The molecule has 2 rings (SSSR count). The molecule has 0 atom stereocenters. The molecule has 0 aliphatic rings. The fraction of sp³-hybridized carbons (Fsp3) is 0.278. The van der Waals surface area contributed by atoms with Crippen molar-refractivity contribution in [2.45, 2.75) is 12.8 Å². The Bertz CT molecular complexity index is 677. The zero-order valence-electron chi connectivity index (χ0n) is 13.5. The summed E-state index contributed by atoms with van der Waals surface area (Å²) < 4.78 is 15.3. The lowest BCUT2D eigenvalue weighted by molar-refractivity contribution is 0.0979. The maximum Gasteiger partial charge on any atom is 0.203 e. The molecule has 0 radical (unpaired) electrons. The number of aryl methyl sites for hydroxylation is 1. The molecule has 0 heterocycles. The third-order valence-electron chi connectivity index (χ3n) is 3.62. The molecule has 0 aromatic heterocycles. The van der Waals surface area contributed by atoms with Gasteiger partial charge in [-0.3, -0.25) is 4.79 Å². The maximum absolute atomic E-state index is 12.3. The van der Waals surface area contributed by atoms with Crippen molar-refractivity contribution in [3.63, 3.8) is 0 Å². The van der Waals surface area contributed by atoms with Crippen molar-refractivity contribution < 1.29 is 24.1 Å². The van der Waals surface area contributed by atoms with E-state index in [1.54, 1.807) is 19.2 Å². The van der Waals surface area contributed by atoms with Gasteiger partial charge in [-0.15, -0.1) is 0 Å². The zero-order chi connectivity index (χ0) is 16.8. The molecule has 0 bridgehead atoms. The van der Waals surface area contributed by atoms with Crippen molar-refractivity contribution in [2.75, 3.05) is 21.3 Å². The fourth-order valence-corrected chi connectivity index (χ4v) is 2.32. The quantitative estimate of drug-likeness (QED) is 0.794. The molecule has 5 heteroatoms. The van der Waals surface area contributed by atoms with Crippen LogP contribution in [-0.2, 0) is 6.42 Å². The molecule has 0 spiro atoms. The highest BCUT2D eigenvalue weighted by atomic mass is 16.5. The minimum Gasteiger partial charge on any atom is -0.504 e. The van der Waals surface area contributed by atoms with Crippen molar-refractivity contribution in [3.8, 4) is 23.0 Å². The second kappa shape index (κ2) is 7.54. The Kier molecular flexibility index (Phi) is 5.46. The molecule has 5 nitrogen and oxygen atoms in total. The van der Waals surface area contributed by atoms with Gasteiger partial charge in [-0.25, -0.2) is 0 Å². The van der Waals surface area contributed by atoms with Crippen LogP contribution >= 0.6 is 0 Å². The number of methoxy groups -OCH3 is 3. The van der Waals surface area contributed by atoms with E-state index in [1.165, 1.54) is 14.2 Å². The predicted octanol–water partition coefficient (Wildman–Crippen LogP) is 3.23. The number of carbonyl (C=O) groups excluding carboxylic acids is 1. The molecule has 1 N–H and O–H groups in total. The average molecular weight is 316 g/mol. The van der Waals surface area contributed by atoms with Crippen molar-refractivity contribution in [1.29, 1.82) is 0 Å². The van der Waals surface area contributed by atoms with E-state index in [1.807, 2.05) is 24.3 Å². The second-order valence-corrected chi connectivity index (χ2v) is 4.97. The van der Waals surface area contributed by atoms with E-state index in [4.69, 9.17) is 14.2 Å². The van der Waals surface area contributed by atoms with Gasteiger partial charge >= 0.3 is 0 Å². The highest BCUT2D eigenvalue weighted by Gasteiger charge is 2.18. The number of hydrogen-bond donors (Lipinski definition) is 1. The summed E-state index contributed by atoms with van der Waals surface area (Å²) in [7, 11) is 4.50. The first-order valence-corrected chi connectivity index (χ1v) is 7.20. The molecule has 2 aromatic rings. The summed E-state index contributed by atoms with van der Waals surface area (Å²) in [6.07, 6.45) is 0.867. The summed E-state index contributed by atoms with van der Waals surface area (Å²) in [4.78, 5) is 12.3. The third-order valence-corrected chi connectivity index (χ3v) is 3.62. The van der Waals surface area contributed by atoms with Crippen LogP contribution in [0.1, 0.15) is 22.3 Å². The van der Waals surface area contributed by atoms with E-state index in [2.05, 4.69) is 0 Å². The van der Waals surface area contributed by atoms with Gasteiger partial charge in [0, 0.05) is 6.42 Å². The number of benzene rings is 2. The first-order valence-electron chi connectivity index (χ1n) is 7.20. The number of aromatic hydroxyl groups is 1. The normalized spacial score (nSPS) is 10.2. The highest BCUT2D eigenvalue weighted by molar-refractivity contribution is 5.99. The van der Waals surface area contributed by atoms with Crippen LogP contribution in [0.25, 0.3) is 0 Å². The molecular weight excluding hydrogens is 296 g/mol. The van der Waals surface area contributed by atoms with Crippen LogP contribution in [0.2, 0.25) is 0 Å². The van der Waals surface area contributed by atoms with Gasteiger partial charge in [0.1, 0.15) is 5.75 Å². The lowest BCUT2D eigenvalue weighted by Gasteiger charge is -2.12. The van der Waals surface area contributed by atoms with Crippen molar-refractivity contribution >= 4 is 5.78 Å². The van der Waals surface area contributed by atoms with Gasteiger partial charge in [0.15, 0.2) is 17.3 Å². The van der Waals surface area contributed by atoms with Crippen LogP contribution < -0.4 is 14.2 Å². The summed E-state index contributed by atoms with van der Waals surface area (Å²) in [6, 6.07) is 10.7. The molecule has 0 aliphatic heterocycles. The summed E-state index contributed by atoms with van der Waals surface area (Å²) in [6.45, 7) is 0. The number of phenols is 1. The first kappa shape index (κ1) is 16.7. The van der Waals surface area contributed by atoms with Gasteiger partial charge in [0.2, 0.25) is 5.75 Å². The highest BCUT2D eigenvalue weighted by Crippen LogP contribution is 2.39. The summed E-state index contributed by atoms with van der Waals surface area (Å²) >= 11 is 0. The zero-order valence-corrected chi connectivity index (χ0v) is 13.5. The second-order valence-electron chi connectivity index (χ2n) is 4.97. The average Bonchev–Trinajstić information content (AvgIpc) is 2.59. The van der Waals surface area contributed by atoms with E-state index in [9.17, 15) is 9.90 Å². The maximum atomic E-state index is 12.3. The molecular formula is C18H20O5. The molecule has 0 aliphatic carbocycles. The van der Waals surface area contributed by atoms with Crippen LogP contribution in [0.15, 0.2) is 36.4 Å². The topological polar surface area (TPSA) is 65.0 Å². The van der Waals surface area contributed by atoms with Gasteiger partial charge in [-0.2, -0.15) is 0 Å². The van der Waals surface area contributed by atoms with Gasteiger partial charge in [0.05, 0.1) is 26.9 Å². The Hall–Kier alpha value is -2.69. The van der Waals surface area contributed by atoms with Crippen molar-refractivity contribution in [1.82, 2.24) is 0 Å². The standard InChI is InChI=1S/C18H20O5/c1-21-13-7-4-12(5-8-13)6-10-15(19)14-9-11-16(22-2)18(23-3)17(14)20/h4-5,7-9,11,20H,6,10H2,1-3H3. The number of rotatable bonds is 7. The smallest absolute Gasteiger partial charge is 0.203 e. The number of phenolic OH excluding ortho intramolecular Hbond substituents is 1. The van der Waals surface area contributed by atoms with Gasteiger partial charge in [0.25, 0.3) is 0 Å². The third kappa shape index (κ3) is 3.74. The van der Waals surface area contributed by atoms with E-state index in [0.29, 0.717) is 12.2 Å². The minimum atomic E-state index is -0.188. The largest absolute Gasteiger partial charge is 0.504 e. The summed E-state index contributed by atoms with van der Waals surface area (Å²) in [5.74, 6) is 0.989. The van der Waals surface area contributed by atoms with Crippen LogP contribution in [-0.4, -0.2) is 32.2 Å². The lowest BCUT2D eigenvalue weighted by Crippen LogP contribution is -2.03. The van der Waals surface area contributed by atoms with Crippen molar-refractivity contribution in [3.05, 3.63) is 47.5 Å². The molecule has 0 saturated heterocycles. The van der Waals surface area contributed by atoms with Gasteiger partial charge in [-0.1, -0.05) is 12.1 Å². The molecule has 2 aromatic carbocycles. The van der Waals surface area contributed by atoms with Gasteiger partial charge < -0.3 is 19.3 Å². The number of carbonyl (C=O) groups is 1.